The van der Waals surface area contributed by atoms with Gasteiger partial charge in [-0.2, -0.15) is 0 Å². The third-order valence-electron chi connectivity index (χ3n) is 5.05. The number of Topliss-reactive ketones (excluding diaryl/α,β-unsaturated/α-hetero) is 1. The van der Waals surface area contributed by atoms with Crippen LogP contribution in [0.2, 0.25) is 0 Å². The van der Waals surface area contributed by atoms with Gasteiger partial charge in [0.15, 0.2) is 18.4 Å². The van der Waals surface area contributed by atoms with Crippen LogP contribution in [0.3, 0.4) is 0 Å². The topological polar surface area (TPSA) is 79.7 Å². The molecule has 0 bridgehead atoms. The molecule has 0 saturated heterocycles. The molecule has 0 fully saturated rings. The van der Waals surface area contributed by atoms with Crippen LogP contribution in [0.5, 0.6) is 0 Å². The van der Waals surface area contributed by atoms with Gasteiger partial charge >= 0.3 is 0 Å². The monoisotopic (exact) mass is 396 g/mol. The number of benzene rings is 2. The van der Waals surface area contributed by atoms with Crippen molar-refractivity contribution in [2.24, 2.45) is 0 Å². The van der Waals surface area contributed by atoms with E-state index < -0.39 is 6.04 Å². The zero-order chi connectivity index (χ0) is 21.7. The fourth-order valence-corrected chi connectivity index (χ4v) is 3.26. The van der Waals surface area contributed by atoms with E-state index in [-0.39, 0.29) is 24.1 Å². The van der Waals surface area contributed by atoms with Gasteiger partial charge in [0, 0.05) is 16.9 Å². The molecular formula is C23H30N3O3+. The van der Waals surface area contributed by atoms with Crippen LogP contribution in [0, 0.1) is 20.8 Å². The number of rotatable bonds is 7. The third kappa shape index (κ3) is 5.99. The molecule has 2 rings (SSSR count). The van der Waals surface area contributed by atoms with Crippen molar-refractivity contribution in [3.63, 3.8) is 0 Å². The summed E-state index contributed by atoms with van der Waals surface area (Å²) in [5.74, 6) is -0.412. The molecule has 3 N–H and O–H groups in total. The fraction of sp³-hybridized carbons (Fsp3) is 0.348. The van der Waals surface area contributed by atoms with Gasteiger partial charge in [-0.15, -0.1) is 0 Å². The van der Waals surface area contributed by atoms with E-state index in [9.17, 15) is 14.4 Å². The molecule has 0 saturated carbocycles. The molecule has 0 aliphatic carbocycles. The summed E-state index contributed by atoms with van der Waals surface area (Å²) < 4.78 is 0. The number of likely N-dealkylation sites (N-methyl/N-ethyl adjacent to an activating group) is 1. The predicted molar refractivity (Wildman–Crippen MR) is 116 cm³/mol. The molecule has 0 spiro atoms. The number of aryl methyl sites for hydroxylation is 3. The average molecular weight is 397 g/mol. The van der Waals surface area contributed by atoms with E-state index in [1.54, 1.807) is 31.2 Å². The minimum atomic E-state index is -0.443. The van der Waals surface area contributed by atoms with Gasteiger partial charge in [-0.1, -0.05) is 29.8 Å². The lowest BCUT2D eigenvalue weighted by atomic mass is 10.1. The number of carbonyl (C=O) groups is 3. The minimum Gasteiger partial charge on any atom is -0.321 e. The van der Waals surface area contributed by atoms with Crippen molar-refractivity contribution in [3.8, 4) is 0 Å². The molecule has 29 heavy (non-hydrogen) atoms. The van der Waals surface area contributed by atoms with Gasteiger partial charge in [0.2, 0.25) is 0 Å². The van der Waals surface area contributed by atoms with Crippen LogP contribution in [-0.4, -0.2) is 37.2 Å². The van der Waals surface area contributed by atoms with Crippen molar-refractivity contribution >= 4 is 29.0 Å². The molecule has 6 nitrogen and oxygen atoms in total. The number of anilines is 2. The van der Waals surface area contributed by atoms with Crippen molar-refractivity contribution in [1.82, 2.24) is 0 Å². The van der Waals surface area contributed by atoms with Crippen LogP contribution in [0.1, 0.15) is 40.9 Å². The maximum absolute atomic E-state index is 12.6. The second-order valence-electron chi connectivity index (χ2n) is 7.69. The highest BCUT2D eigenvalue weighted by Gasteiger charge is 2.24. The molecule has 0 aromatic heterocycles. The van der Waals surface area contributed by atoms with Gasteiger partial charge in [-0.3, -0.25) is 14.4 Å². The third-order valence-corrected chi connectivity index (χ3v) is 5.05. The van der Waals surface area contributed by atoms with E-state index in [4.69, 9.17) is 0 Å². The molecule has 2 amide bonds. The van der Waals surface area contributed by atoms with Crippen molar-refractivity contribution in [3.05, 3.63) is 58.7 Å². The van der Waals surface area contributed by atoms with E-state index in [1.165, 1.54) is 6.92 Å². The van der Waals surface area contributed by atoms with Gasteiger partial charge in [-0.05, 0) is 57.9 Å². The molecule has 154 valence electrons. The number of hydrogen-bond donors (Lipinski definition) is 3. The summed E-state index contributed by atoms with van der Waals surface area (Å²) in [6.45, 7) is 9.38. The number of quaternary nitrogens is 1. The van der Waals surface area contributed by atoms with Crippen LogP contribution >= 0.6 is 0 Å². The fourth-order valence-electron chi connectivity index (χ4n) is 3.26. The summed E-state index contributed by atoms with van der Waals surface area (Å²) in [7, 11) is 1.81. The summed E-state index contributed by atoms with van der Waals surface area (Å²) in [6.07, 6.45) is 0. The van der Waals surface area contributed by atoms with Crippen LogP contribution in [0.25, 0.3) is 0 Å². The Bertz CT molecular complexity index is 914. The van der Waals surface area contributed by atoms with Gasteiger partial charge in [-0.25, -0.2) is 0 Å². The Hall–Kier alpha value is -2.99. The summed E-state index contributed by atoms with van der Waals surface area (Å²) >= 11 is 0. The second kappa shape index (κ2) is 9.47. The number of carbonyl (C=O) groups excluding carboxylic acids is 3. The molecule has 0 radical (unpaired) electrons. The summed E-state index contributed by atoms with van der Waals surface area (Å²) in [5, 5.41) is 5.79. The van der Waals surface area contributed by atoms with E-state index in [2.05, 4.69) is 10.6 Å². The smallest absolute Gasteiger partial charge is 0.282 e. The lowest BCUT2D eigenvalue weighted by Gasteiger charge is -2.21. The minimum absolute atomic E-state index is 0.0599. The SMILES string of the molecule is CC(=O)c1cccc(NC(=O)[C@H](C)[NH+](C)CC(=O)Nc2c(C)cc(C)cc2C)c1. The van der Waals surface area contributed by atoms with Crippen molar-refractivity contribution in [2.45, 2.75) is 40.7 Å². The zero-order valence-electron chi connectivity index (χ0n) is 18.0. The van der Waals surface area contributed by atoms with Crippen LogP contribution in [-0.2, 0) is 9.59 Å². The zero-order valence-corrected chi connectivity index (χ0v) is 18.0. The first kappa shape index (κ1) is 22.3. The molecule has 6 heteroatoms. The Morgan fingerprint density at radius 2 is 1.62 bits per heavy atom. The van der Waals surface area contributed by atoms with Crippen LogP contribution in [0.15, 0.2) is 36.4 Å². The largest absolute Gasteiger partial charge is 0.321 e. The Labute approximate surface area is 172 Å². The first-order chi connectivity index (χ1) is 13.6. The number of hydrogen-bond acceptors (Lipinski definition) is 3. The maximum Gasteiger partial charge on any atom is 0.282 e. The van der Waals surface area contributed by atoms with Crippen LogP contribution < -0.4 is 15.5 Å². The van der Waals surface area contributed by atoms with E-state index in [0.717, 1.165) is 27.3 Å². The highest BCUT2D eigenvalue weighted by atomic mass is 16.2. The molecule has 0 heterocycles. The Kier molecular flexibility index (Phi) is 7.29. The maximum atomic E-state index is 12.6. The Morgan fingerprint density at radius 1 is 1.00 bits per heavy atom. The van der Waals surface area contributed by atoms with Gasteiger partial charge in [0.1, 0.15) is 0 Å². The van der Waals surface area contributed by atoms with Gasteiger partial charge < -0.3 is 15.5 Å². The summed E-state index contributed by atoms with van der Waals surface area (Å²) in [6, 6.07) is 10.4. The van der Waals surface area contributed by atoms with Crippen LogP contribution in [0.4, 0.5) is 11.4 Å². The normalized spacial score (nSPS) is 12.8. The lowest BCUT2D eigenvalue weighted by Crippen LogP contribution is -3.14. The highest BCUT2D eigenvalue weighted by Crippen LogP contribution is 2.21. The van der Waals surface area contributed by atoms with E-state index in [1.807, 2.05) is 40.0 Å². The molecule has 2 aromatic carbocycles. The Balaban J connectivity index is 1.98. The number of ketones is 1. The van der Waals surface area contributed by atoms with Crippen molar-refractivity contribution in [1.29, 1.82) is 0 Å². The highest BCUT2D eigenvalue weighted by molar-refractivity contribution is 5.98. The molecule has 2 aromatic rings. The van der Waals surface area contributed by atoms with E-state index in [0.29, 0.717) is 11.3 Å². The summed E-state index contributed by atoms with van der Waals surface area (Å²) in [4.78, 5) is 37.4. The first-order valence-corrected chi connectivity index (χ1v) is 9.70. The van der Waals surface area contributed by atoms with Crippen molar-refractivity contribution < 1.29 is 19.3 Å². The molecule has 2 atom stereocenters. The van der Waals surface area contributed by atoms with Gasteiger partial charge in [0.25, 0.3) is 11.8 Å². The van der Waals surface area contributed by atoms with Crippen molar-refractivity contribution in [2.75, 3.05) is 24.2 Å². The Morgan fingerprint density at radius 3 is 2.21 bits per heavy atom. The summed E-state index contributed by atoms with van der Waals surface area (Å²) in [5.41, 5.74) is 5.12. The second-order valence-corrected chi connectivity index (χ2v) is 7.69. The molecule has 1 unspecified atom stereocenters. The first-order valence-electron chi connectivity index (χ1n) is 9.70. The molecule has 0 aliphatic rings. The van der Waals surface area contributed by atoms with Gasteiger partial charge in [0.05, 0.1) is 7.05 Å². The standard InChI is InChI=1S/C23H29N3O3/c1-14-10-15(2)22(16(3)11-14)25-21(28)13-26(6)17(4)23(29)24-20-9-7-8-19(12-20)18(5)27/h7-12,17H,13H2,1-6H3,(H,24,29)(H,25,28)/p+1/t17-/m0/s1. The predicted octanol–water partition coefficient (Wildman–Crippen LogP) is 2.29. The average Bonchev–Trinajstić information content (AvgIpc) is 2.64. The number of nitrogens with one attached hydrogen (secondary N) is 3. The number of amides is 2. The van der Waals surface area contributed by atoms with E-state index >= 15 is 0 Å². The molecule has 0 aliphatic heterocycles. The quantitative estimate of drug-likeness (QED) is 0.629. The lowest BCUT2D eigenvalue weighted by molar-refractivity contribution is -0.885. The molecular weight excluding hydrogens is 366 g/mol.